The monoisotopic (exact) mass is 436 g/mol. The minimum atomic E-state index is -3.70. The molecule has 0 fully saturated rings. The average Bonchev–Trinajstić information content (AvgIpc) is 2.77. The van der Waals surface area contributed by atoms with Gasteiger partial charge in [-0.1, -0.05) is 36.4 Å². The summed E-state index contributed by atoms with van der Waals surface area (Å²) in [7, 11) is -3.70. The van der Waals surface area contributed by atoms with E-state index in [0.29, 0.717) is 24.5 Å². The zero-order valence-corrected chi connectivity index (χ0v) is 18.1. The number of ether oxygens (including phenoxy) is 1. The smallest absolute Gasteiger partial charge is 0.261 e. The number of carbonyl (C=O) groups excluding carboxylic acids is 1. The van der Waals surface area contributed by atoms with E-state index in [9.17, 15) is 13.2 Å². The first-order chi connectivity index (χ1) is 14.9. The number of carbonyl (C=O) groups is 1. The van der Waals surface area contributed by atoms with Crippen molar-refractivity contribution in [1.82, 2.24) is 4.90 Å². The van der Waals surface area contributed by atoms with E-state index in [2.05, 4.69) is 10.8 Å². The van der Waals surface area contributed by atoms with Crippen LogP contribution < -0.4 is 9.46 Å². The number of rotatable bonds is 6. The Morgan fingerprint density at radius 2 is 1.74 bits per heavy atom. The van der Waals surface area contributed by atoms with Gasteiger partial charge in [-0.15, -0.1) is 0 Å². The molecule has 0 aromatic heterocycles. The zero-order chi connectivity index (χ0) is 21.8. The van der Waals surface area contributed by atoms with E-state index in [1.54, 1.807) is 35.2 Å². The third kappa shape index (κ3) is 5.06. The molecule has 0 saturated heterocycles. The van der Waals surface area contributed by atoms with Gasteiger partial charge in [0.05, 0.1) is 4.90 Å². The van der Waals surface area contributed by atoms with E-state index in [1.807, 2.05) is 31.2 Å². The molecule has 1 amide bonds. The molecule has 4 rings (SSSR count). The van der Waals surface area contributed by atoms with Gasteiger partial charge in [-0.2, -0.15) is 0 Å². The van der Waals surface area contributed by atoms with Crippen LogP contribution >= 0.6 is 0 Å². The number of aryl methyl sites for hydroxylation is 1. The minimum absolute atomic E-state index is 0.0875. The number of fused-ring (bicyclic) bond motifs is 1. The highest BCUT2D eigenvalue weighted by Gasteiger charge is 2.21. The average molecular weight is 437 g/mol. The van der Waals surface area contributed by atoms with E-state index in [-0.39, 0.29) is 17.4 Å². The molecular weight excluding hydrogens is 412 g/mol. The molecule has 3 aromatic rings. The number of anilines is 1. The third-order valence-electron chi connectivity index (χ3n) is 5.25. The Labute approximate surface area is 182 Å². The summed E-state index contributed by atoms with van der Waals surface area (Å²) < 4.78 is 33.3. The SMILES string of the molecule is Cc1cccc(NS(=O)(=O)c2ccc(OCC(=O)N3CCc4ccccc4C3)cc2)c1. The summed E-state index contributed by atoms with van der Waals surface area (Å²) in [5.74, 6) is 0.354. The van der Waals surface area contributed by atoms with Crippen LogP contribution in [0.2, 0.25) is 0 Å². The molecule has 0 spiro atoms. The highest BCUT2D eigenvalue weighted by Crippen LogP contribution is 2.21. The van der Waals surface area contributed by atoms with Crippen molar-refractivity contribution in [2.75, 3.05) is 17.9 Å². The summed E-state index contributed by atoms with van der Waals surface area (Å²) >= 11 is 0. The largest absolute Gasteiger partial charge is 0.484 e. The van der Waals surface area contributed by atoms with Gasteiger partial charge in [0.1, 0.15) is 5.75 Å². The third-order valence-corrected chi connectivity index (χ3v) is 6.65. The van der Waals surface area contributed by atoms with Gasteiger partial charge in [-0.3, -0.25) is 9.52 Å². The van der Waals surface area contributed by atoms with Crippen LogP contribution in [0, 0.1) is 6.92 Å². The molecule has 3 aromatic carbocycles. The molecule has 6 nitrogen and oxygen atoms in total. The first-order valence-corrected chi connectivity index (χ1v) is 11.6. The van der Waals surface area contributed by atoms with Gasteiger partial charge in [-0.05, 0) is 66.4 Å². The molecule has 0 saturated carbocycles. The van der Waals surface area contributed by atoms with Crippen molar-refractivity contribution in [1.29, 1.82) is 0 Å². The molecule has 1 aliphatic heterocycles. The van der Waals surface area contributed by atoms with Gasteiger partial charge in [0.15, 0.2) is 6.61 Å². The zero-order valence-electron chi connectivity index (χ0n) is 17.2. The van der Waals surface area contributed by atoms with Crippen LogP contribution in [0.15, 0.2) is 77.7 Å². The molecule has 1 aliphatic rings. The lowest BCUT2D eigenvalue weighted by Crippen LogP contribution is -2.38. The lowest BCUT2D eigenvalue weighted by molar-refractivity contribution is -0.134. The van der Waals surface area contributed by atoms with Crippen molar-refractivity contribution < 1.29 is 17.9 Å². The van der Waals surface area contributed by atoms with Crippen molar-refractivity contribution in [3.63, 3.8) is 0 Å². The van der Waals surface area contributed by atoms with Crippen LogP contribution in [0.4, 0.5) is 5.69 Å². The molecule has 0 unspecified atom stereocenters. The quantitative estimate of drug-likeness (QED) is 0.638. The number of benzene rings is 3. The fourth-order valence-electron chi connectivity index (χ4n) is 3.58. The highest BCUT2D eigenvalue weighted by atomic mass is 32.2. The maximum absolute atomic E-state index is 12.6. The topological polar surface area (TPSA) is 75.7 Å². The van der Waals surface area contributed by atoms with Crippen molar-refractivity contribution in [2.45, 2.75) is 24.8 Å². The van der Waals surface area contributed by atoms with Gasteiger partial charge in [-0.25, -0.2) is 8.42 Å². The van der Waals surface area contributed by atoms with Gasteiger partial charge in [0, 0.05) is 18.8 Å². The lowest BCUT2D eigenvalue weighted by atomic mass is 10.00. The van der Waals surface area contributed by atoms with Crippen LogP contribution in [-0.4, -0.2) is 32.4 Å². The molecule has 0 radical (unpaired) electrons. The summed E-state index contributed by atoms with van der Waals surface area (Å²) in [6, 6.07) is 21.3. The number of hydrogen-bond acceptors (Lipinski definition) is 4. The molecule has 160 valence electrons. The lowest BCUT2D eigenvalue weighted by Gasteiger charge is -2.28. The Balaban J connectivity index is 1.35. The number of nitrogens with zero attached hydrogens (tertiary/aromatic N) is 1. The molecule has 1 N–H and O–H groups in total. The standard InChI is InChI=1S/C24H24N2O4S/c1-18-5-4-8-21(15-18)25-31(28,29)23-11-9-22(10-12-23)30-17-24(27)26-14-13-19-6-2-3-7-20(19)16-26/h2-12,15,25H,13-14,16-17H2,1H3. The molecule has 7 heteroatoms. The van der Waals surface area contributed by atoms with Crippen LogP contribution in [0.25, 0.3) is 0 Å². The van der Waals surface area contributed by atoms with E-state index in [4.69, 9.17) is 4.74 Å². The van der Waals surface area contributed by atoms with Gasteiger partial charge >= 0.3 is 0 Å². The molecule has 31 heavy (non-hydrogen) atoms. The Morgan fingerprint density at radius 3 is 2.48 bits per heavy atom. The Kier molecular flexibility index (Phi) is 5.95. The van der Waals surface area contributed by atoms with E-state index in [0.717, 1.165) is 17.5 Å². The second kappa shape index (κ2) is 8.81. The second-order valence-electron chi connectivity index (χ2n) is 7.57. The number of amides is 1. The first-order valence-electron chi connectivity index (χ1n) is 10.1. The van der Waals surface area contributed by atoms with Crippen LogP contribution in [0.1, 0.15) is 16.7 Å². The number of hydrogen-bond donors (Lipinski definition) is 1. The van der Waals surface area contributed by atoms with Crippen molar-refractivity contribution >= 4 is 21.6 Å². The van der Waals surface area contributed by atoms with E-state index < -0.39 is 10.0 Å². The highest BCUT2D eigenvalue weighted by molar-refractivity contribution is 7.92. The van der Waals surface area contributed by atoms with Crippen molar-refractivity contribution in [3.8, 4) is 5.75 Å². The van der Waals surface area contributed by atoms with Gasteiger partial charge in [0.25, 0.3) is 15.9 Å². The summed E-state index contributed by atoms with van der Waals surface area (Å²) in [6.45, 7) is 3.06. The predicted octanol–water partition coefficient (Wildman–Crippen LogP) is 3.76. The van der Waals surface area contributed by atoms with Crippen molar-refractivity contribution in [2.24, 2.45) is 0 Å². The Hall–Kier alpha value is -3.32. The Morgan fingerprint density at radius 1 is 1.00 bits per heavy atom. The van der Waals surface area contributed by atoms with Gasteiger partial charge < -0.3 is 9.64 Å². The van der Waals surface area contributed by atoms with E-state index >= 15 is 0 Å². The number of sulfonamides is 1. The molecule has 0 bridgehead atoms. The number of nitrogens with one attached hydrogen (secondary N) is 1. The molecular formula is C24H24N2O4S. The summed E-state index contributed by atoms with van der Waals surface area (Å²) in [6.07, 6.45) is 0.836. The normalized spacial score (nSPS) is 13.4. The summed E-state index contributed by atoms with van der Waals surface area (Å²) in [4.78, 5) is 14.4. The first kappa shape index (κ1) is 20.9. The maximum atomic E-state index is 12.6. The van der Waals surface area contributed by atoms with Crippen LogP contribution in [-0.2, 0) is 27.8 Å². The fourth-order valence-corrected chi connectivity index (χ4v) is 4.63. The maximum Gasteiger partial charge on any atom is 0.261 e. The molecule has 0 aliphatic carbocycles. The fraction of sp³-hybridized carbons (Fsp3) is 0.208. The summed E-state index contributed by atoms with van der Waals surface area (Å²) in [5.41, 5.74) is 3.92. The predicted molar refractivity (Wildman–Crippen MR) is 119 cm³/mol. The minimum Gasteiger partial charge on any atom is -0.484 e. The second-order valence-corrected chi connectivity index (χ2v) is 9.25. The molecule has 0 atom stereocenters. The van der Waals surface area contributed by atoms with Crippen LogP contribution in [0.5, 0.6) is 5.75 Å². The molecule has 1 heterocycles. The Bertz CT molecular complexity index is 1190. The van der Waals surface area contributed by atoms with Crippen LogP contribution in [0.3, 0.4) is 0 Å². The van der Waals surface area contributed by atoms with Crippen molar-refractivity contribution in [3.05, 3.63) is 89.5 Å². The summed E-state index contributed by atoms with van der Waals surface area (Å²) in [5, 5.41) is 0. The van der Waals surface area contributed by atoms with E-state index in [1.165, 1.54) is 17.7 Å². The van der Waals surface area contributed by atoms with Gasteiger partial charge in [0.2, 0.25) is 0 Å².